The van der Waals surface area contributed by atoms with Crippen LogP contribution in [0.3, 0.4) is 0 Å². The van der Waals surface area contributed by atoms with Crippen molar-refractivity contribution in [3.8, 4) is 0 Å². The van der Waals surface area contributed by atoms with Gasteiger partial charge in [0.1, 0.15) is 17.5 Å². The molecule has 118 valence electrons. The molecule has 0 radical (unpaired) electrons. The number of nitrogens with zero attached hydrogens (tertiary/aromatic N) is 3. The highest BCUT2D eigenvalue weighted by Gasteiger charge is 2.20. The maximum atomic E-state index is 5.59. The number of hydrazine groups is 1. The Labute approximate surface area is 127 Å². The summed E-state index contributed by atoms with van der Waals surface area (Å²) in [6, 6.07) is 0.451. The first-order valence-electron chi connectivity index (χ1n) is 8.00. The number of rotatable bonds is 6. The first-order valence-corrected chi connectivity index (χ1v) is 8.00. The molecule has 0 bridgehead atoms. The predicted octanol–water partition coefficient (Wildman–Crippen LogP) is 1.92. The van der Waals surface area contributed by atoms with Crippen LogP contribution in [0.15, 0.2) is 0 Å². The largest absolute Gasteiger partial charge is 0.366 e. The van der Waals surface area contributed by atoms with E-state index in [0.29, 0.717) is 6.04 Å². The molecule has 0 amide bonds. The lowest BCUT2D eigenvalue weighted by molar-refractivity contribution is 0.226. The van der Waals surface area contributed by atoms with Crippen LogP contribution in [0, 0.1) is 6.92 Å². The van der Waals surface area contributed by atoms with Crippen molar-refractivity contribution >= 4 is 11.6 Å². The fourth-order valence-corrected chi connectivity index (χ4v) is 2.83. The molecule has 0 aromatic carbocycles. The van der Waals surface area contributed by atoms with E-state index in [4.69, 9.17) is 5.84 Å². The number of likely N-dealkylation sites (N-methyl/N-ethyl adjacent to an activating group) is 1. The highest BCUT2D eigenvalue weighted by Crippen LogP contribution is 2.22. The Morgan fingerprint density at radius 1 is 1.29 bits per heavy atom. The first kappa shape index (κ1) is 16.0. The molecule has 1 aromatic heterocycles. The number of hydrogen-bond donors (Lipinski definition) is 3. The van der Waals surface area contributed by atoms with Crippen LogP contribution in [0.1, 0.15) is 44.5 Å². The van der Waals surface area contributed by atoms with Gasteiger partial charge in [0.2, 0.25) is 0 Å². The van der Waals surface area contributed by atoms with Gasteiger partial charge in [-0.15, -0.1) is 0 Å². The second-order valence-electron chi connectivity index (χ2n) is 5.73. The number of aromatic nitrogens is 2. The summed E-state index contributed by atoms with van der Waals surface area (Å²) in [7, 11) is 0. The molecular weight excluding hydrogens is 264 g/mol. The van der Waals surface area contributed by atoms with Crippen LogP contribution in [0.4, 0.5) is 11.6 Å². The van der Waals surface area contributed by atoms with Crippen LogP contribution in [-0.4, -0.2) is 40.5 Å². The Kier molecular flexibility index (Phi) is 5.76. The molecule has 0 saturated carbocycles. The van der Waals surface area contributed by atoms with Crippen molar-refractivity contribution in [3.63, 3.8) is 0 Å². The molecule has 1 saturated heterocycles. The molecule has 2 rings (SSSR count). The summed E-state index contributed by atoms with van der Waals surface area (Å²) < 4.78 is 0. The smallest absolute Gasteiger partial charge is 0.148 e. The number of aryl methyl sites for hydroxylation is 1. The lowest BCUT2D eigenvalue weighted by Crippen LogP contribution is -2.42. The van der Waals surface area contributed by atoms with E-state index in [1.165, 1.54) is 19.4 Å². The molecule has 4 N–H and O–H groups in total. The van der Waals surface area contributed by atoms with Crippen molar-refractivity contribution < 1.29 is 0 Å². The maximum absolute atomic E-state index is 5.59. The van der Waals surface area contributed by atoms with Gasteiger partial charge in [-0.1, -0.05) is 13.8 Å². The molecule has 1 fully saturated rings. The molecule has 1 aromatic rings. The van der Waals surface area contributed by atoms with Gasteiger partial charge in [0.05, 0.1) is 0 Å². The highest BCUT2D eigenvalue weighted by molar-refractivity contribution is 5.57. The normalized spacial score (nSPS) is 19.5. The third-order valence-electron chi connectivity index (χ3n) is 4.10. The van der Waals surface area contributed by atoms with Crippen molar-refractivity contribution in [3.05, 3.63) is 11.4 Å². The van der Waals surface area contributed by atoms with Gasteiger partial charge in [-0.25, -0.2) is 15.8 Å². The highest BCUT2D eigenvalue weighted by atomic mass is 15.3. The van der Waals surface area contributed by atoms with E-state index in [-0.39, 0.29) is 0 Å². The maximum Gasteiger partial charge on any atom is 0.148 e. The van der Waals surface area contributed by atoms with E-state index < -0.39 is 0 Å². The SMILES string of the molecule is CCCc1nc(NN)c(C)c(NC2CCCN(CC)C2)n1. The standard InChI is InChI=1S/C15H28N6/c1-4-7-13-18-14(11(3)15(19-13)20-16)17-12-8-6-9-21(5-2)10-12/h12H,4-10,16H2,1-3H3,(H2,17,18,19,20). The van der Waals surface area contributed by atoms with Crippen molar-refractivity contribution in [2.45, 2.75) is 52.5 Å². The zero-order valence-electron chi connectivity index (χ0n) is 13.4. The number of nitrogens with two attached hydrogens (primary N) is 1. The quantitative estimate of drug-likeness (QED) is 0.549. The van der Waals surface area contributed by atoms with Gasteiger partial charge in [0.15, 0.2) is 0 Å². The van der Waals surface area contributed by atoms with Crippen LogP contribution in [0.25, 0.3) is 0 Å². The van der Waals surface area contributed by atoms with E-state index in [9.17, 15) is 0 Å². The number of anilines is 2. The van der Waals surface area contributed by atoms with Crippen molar-refractivity contribution in [2.75, 3.05) is 30.4 Å². The first-order chi connectivity index (χ1) is 10.2. The molecule has 6 heteroatoms. The van der Waals surface area contributed by atoms with E-state index >= 15 is 0 Å². The second-order valence-corrected chi connectivity index (χ2v) is 5.73. The Morgan fingerprint density at radius 2 is 2.05 bits per heavy atom. The number of nitrogen functional groups attached to an aromatic ring is 1. The fourth-order valence-electron chi connectivity index (χ4n) is 2.83. The third-order valence-corrected chi connectivity index (χ3v) is 4.10. The van der Waals surface area contributed by atoms with Gasteiger partial charge in [-0.2, -0.15) is 0 Å². The molecule has 6 nitrogen and oxygen atoms in total. The van der Waals surface area contributed by atoms with Crippen LogP contribution in [-0.2, 0) is 6.42 Å². The van der Waals surface area contributed by atoms with E-state index in [2.05, 4.69) is 39.5 Å². The zero-order valence-corrected chi connectivity index (χ0v) is 13.4. The van der Waals surface area contributed by atoms with Crippen LogP contribution in [0.2, 0.25) is 0 Å². The Morgan fingerprint density at radius 3 is 2.71 bits per heavy atom. The van der Waals surface area contributed by atoms with Crippen molar-refractivity contribution in [1.29, 1.82) is 0 Å². The molecular formula is C15H28N6. The molecule has 0 spiro atoms. The predicted molar refractivity (Wildman–Crippen MR) is 87.3 cm³/mol. The minimum atomic E-state index is 0.451. The summed E-state index contributed by atoms with van der Waals surface area (Å²) in [5.41, 5.74) is 3.68. The Bertz CT molecular complexity index is 462. The molecule has 1 aliphatic heterocycles. The Balaban J connectivity index is 2.15. The minimum Gasteiger partial charge on any atom is -0.366 e. The molecule has 2 heterocycles. The zero-order chi connectivity index (χ0) is 15.2. The molecule has 0 aliphatic carbocycles. The fraction of sp³-hybridized carbons (Fsp3) is 0.733. The average molecular weight is 292 g/mol. The number of piperidine rings is 1. The number of nitrogens with one attached hydrogen (secondary N) is 2. The average Bonchev–Trinajstić information content (AvgIpc) is 2.50. The van der Waals surface area contributed by atoms with Crippen LogP contribution in [0.5, 0.6) is 0 Å². The summed E-state index contributed by atoms with van der Waals surface area (Å²) in [4.78, 5) is 11.6. The summed E-state index contributed by atoms with van der Waals surface area (Å²) in [5, 5.41) is 3.60. The van der Waals surface area contributed by atoms with Crippen molar-refractivity contribution in [1.82, 2.24) is 14.9 Å². The van der Waals surface area contributed by atoms with Crippen molar-refractivity contribution in [2.24, 2.45) is 5.84 Å². The summed E-state index contributed by atoms with van der Waals surface area (Å²) in [5.74, 6) is 8.08. The van der Waals surface area contributed by atoms with Gasteiger partial charge in [0, 0.05) is 24.6 Å². The van der Waals surface area contributed by atoms with Crippen LogP contribution < -0.4 is 16.6 Å². The minimum absolute atomic E-state index is 0.451. The van der Waals surface area contributed by atoms with Gasteiger partial charge >= 0.3 is 0 Å². The summed E-state index contributed by atoms with van der Waals surface area (Å²) in [6.45, 7) is 9.74. The summed E-state index contributed by atoms with van der Waals surface area (Å²) >= 11 is 0. The van der Waals surface area contributed by atoms with E-state index in [0.717, 1.165) is 49.0 Å². The third kappa shape index (κ3) is 4.04. The van der Waals surface area contributed by atoms with Gasteiger partial charge in [-0.3, -0.25) is 0 Å². The number of hydrogen-bond acceptors (Lipinski definition) is 6. The van der Waals surface area contributed by atoms with Gasteiger partial charge in [-0.05, 0) is 39.3 Å². The van der Waals surface area contributed by atoms with Crippen LogP contribution >= 0.6 is 0 Å². The number of likely N-dealkylation sites (tertiary alicyclic amines) is 1. The molecule has 1 atom stereocenters. The lowest BCUT2D eigenvalue weighted by atomic mass is 10.1. The monoisotopic (exact) mass is 292 g/mol. The lowest BCUT2D eigenvalue weighted by Gasteiger charge is -2.33. The van der Waals surface area contributed by atoms with Gasteiger partial charge in [0.25, 0.3) is 0 Å². The van der Waals surface area contributed by atoms with E-state index in [1.54, 1.807) is 0 Å². The van der Waals surface area contributed by atoms with E-state index in [1.807, 2.05) is 6.92 Å². The molecule has 21 heavy (non-hydrogen) atoms. The molecule has 1 unspecified atom stereocenters. The molecule has 1 aliphatic rings. The second kappa shape index (κ2) is 7.56. The topological polar surface area (TPSA) is 79.1 Å². The Hall–Kier alpha value is -1.40. The summed E-state index contributed by atoms with van der Waals surface area (Å²) in [6.07, 6.45) is 4.32. The van der Waals surface area contributed by atoms with Gasteiger partial charge < -0.3 is 15.6 Å².